The van der Waals surface area contributed by atoms with Crippen molar-refractivity contribution < 1.29 is 9.18 Å². The van der Waals surface area contributed by atoms with E-state index in [9.17, 15) is 9.18 Å². The van der Waals surface area contributed by atoms with Gasteiger partial charge in [0.05, 0.1) is 0 Å². The minimum absolute atomic E-state index is 0.133. The third-order valence-electron chi connectivity index (χ3n) is 3.70. The number of carbonyl (C=O) groups excluding carboxylic acids is 1. The van der Waals surface area contributed by atoms with Gasteiger partial charge in [-0.2, -0.15) is 0 Å². The molecule has 0 bridgehead atoms. The monoisotopic (exact) mass is 281 g/mol. The summed E-state index contributed by atoms with van der Waals surface area (Å²) in [5.74, 6) is -0.391. The van der Waals surface area contributed by atoms with Gasteiger partial charge in [-0.05, 0) is 47.2 Å². The molecule has 2 aromatic carbocycles. The highest BCUT2D eigenvalue weighted by Crippen LogP contribution is 2.32. The van der Waals surface area contributed by atoms with E-state index in [-0.39, 0.29) is 11.7 Å². The van der Waals surface area contributed by atoms with Crippen LogP contribution in [0.3, 0.4) is 0 Å². The van der Waals surface area contributed by atoms with Crippen molar-refractivity contribution in [2.24, 2.45) is 0 Å². The number of benzene rings is 2. The second-order valence-electron chi connectivity index (χ2n) is 5.17. The van der Waals surface area contributed by atoms with Gasteiger partial charge < -0.3 is 5.32 Å². The molecule has 0 saturated heterocycles. The predicted molar refractivity (Wildman–Crippen MR) is 81.0 cm³/mol. The van der Waals surface area contributed by atoms with E-state index in [4.69, 9.17) is 0 Å². The molecule has 0 spiro atoms. The summed E-state index contributed by atoms with van der Waals surface area (Å²) in [6, 6.07) is 14.5. The second kappa shape index (κ2) is 5.92. The first-order valence-corrected chi connectivity index (χ1v) is 7.03. The van der Waals surface area contributed by atoms with E-state index in [1.54, 1.807) is 12.1 Å². The van der Waals surface area contributed by atoms with E-state index in [1.165, 1.54) is 12.1 Å². The van der Waals surface area contributed by atoms with Crippen LogP contribution in [0.1, 0.15) is 23.1 Å². The molecular weight excluding hydrogens is 265 g/mol. The number of hydrogen-bond donors (Lipinski definition) is 1. The molecule has 0 saturated carbocycles. The average Bonchev–Trinajstić information content (AvgIpc) is 2.88. The minimum atomic E-state index is -0.258. The Morgan fingerprint density at radius 1 is 1.14 bits per heavy atom. The van der Waals surface area contributed by atoms with E-state index in [1.807, 2.05) is 30.3 Å². The van der Waals surface area contributed by atoms with E-state index in [0.29, 0.717) is 6.54 Å². The standard InChI is InChI=1S/C18H16FNO/c19-16-9-8-14-6-7-15(17(14)11-16)10-18(21)20-12-13-4-2-1-3-5-13/h1-5,8-11H,6-7,12H2,(H,20,21)/b15-10+. The van der Waals surface area contributed by atoms with Crippen molar-refractivity contribution in [1.29, 1.82) is 0 Å². The Morgan fingerprint density at radius 2 is 1.95 bits per heavy atom. The fourth-order valence-corrected chi connectivity index (χ4v) is 2.61. The van der Waals surface area contributed by atoms with E-state index >= 15 is 0 Å². The summed E-state index contributed by atoms with van der Waals surface area (Å²) in [5, 5.41) is 2.86. The Balaban J connectivity index is 1.69. The van der Waals surface area contributed by atoms with Gasteiger partial charge in [0.1, 0.15) is 5.82 Å². The molecule has 0 radical (unpaired) electrons. The predicted octanol–water partition coefficient (Wildman–Crippen LogP) is 3.47. The van der Waals surface area contributed by atoms with Crippen molar-refractivity contribution in [2.75, 3.05) is 0 Å². The SMILES string of the molecule is O=C(/C=C1\CCc2ccc(F)cc21)NCc1ccccc1. The number of nitrogens with one attached hydrogen (secondary N) is 1. The molecule has 0 aromatic heterocycles. The van der Waals surface area contributed by atoms with Gasteiger partial charge in [-0.3, -0.25) is 4.79 Å². The summed E-state index contributed by atoms with van der Waals surface area (Å²) >= 11 is 0. The summed E-state index contributed by atoms with van der Waals surface area (Å²) < 4.78 is 13.3. The number of fused-ring (bicyclic) bond motifs is 1. The molecule has 1 aliphatic carbocycles. The highest BCUT2D eigenvalue weighted by molar-refractivity contribution is 5.96. The molecule has 1 aliphatic rings. The molecule has 0 fully saturated rings. The lowest BCUT2D eigenvalue weighted by Crippen LogP contribution is -2.20. The van der Waals surface area contributed by atoms with E-state index in [2.05, 4.69) is 5.32 Å². The van der Waals surface area contributed by atoms with Crippen LogP contribution in [0.2, 0.25) is 0 Å². The second-order valence-corrected chi connectivity index (χ2v) is 5.17. The van der Waals surface area contributed by atoms with Crippen LogP contribution in [0.25, 0.3) is 5.57 Å². The average molecular weight is 281 g/mol. The summed E-state index contributed by atoms with van der Waals surface area (Å²) in [6.07, 6.45) is 3.25. The van der Waals surface area contributed by atoms with Gasteiger partial charge in [0.25, 0.3) is 0 Å². The first-order chi connectivity index (χ1) is 10.2. The van der Waals surface area contributed by atoms with Gasteiger partial charge in [0.2, 0.25) is 5.91 Å². The Morgan fingerprint density at radius 3 is 2.76 bits per heavy atom. The lowest BCUT2D eigenvalue weighted by molar-refractivity contribution is -0.116. The van der Waals surface area contributed by atoms with E-state index < -0.39 is 0 Å². The lowest BCUT2D eigenvalue weighted by Gasteiger charge is -2.04. The Bertz CT molecular complexity index is 692. The molecule has 3 heteroatoms. The number of carbonyl (C=O) groups is 1. The summed E-state index contributed by atoms with van der Waals surface area (Å²) in [6.45, 7) is 0.499. The molecular formula is C18H16FNO. The Labute approximate surface area is 123 Å². The largest absolute Gasteiger partial charge is 0.348 e. The van der Waals surface area contributed by atoms with Crippen LogP contribution in [0.4, 0.5) is 4.39 Å². The molecule has 2 nitrogen and oxygen atoms in total. The van der Waals surface area contributed by atoms with Crippen LogP contribution >= 0.6 is 0 Å². The topological polar surface area (TPSA) is 29.1 Å². The molecule has 1 N–H and O–H groups in total. The smallest absolute Gasteiger partial charge is 0.244 e. The molecule has 2 aromatic rings. The molecule has 0 heterocycles. The van der Waals surface area contributed by atoms with Crippen LogP contribution in [-0.2, 0) is 17.8 Å². The normalized spacial score (nSPS) is 15.0. The maximum atomic E-state index is 13.3. The number of allylic oxidation sites excluding steroid dienone is 1. The number of aryl methyl sites for hydroxylation is 1. The highest BCUT2D eigenvalue weighted by atomic mass is 19.1. The van der Waals surface area contributed by atoms with Crippen molar-refractivity contribution in [3.63, 3.8) is 0 Å². The zero-order valence-electron chi connectivity index (χ0n) is 11.6. The zero-order chi connectivity index (χ0) is 14.7. The summed E-state index contributed by atoms with van der Waals surface area (Å²) in [4.78, 5) is 12.0. The van der Waals surface area contributed by atoms with Crippen molar-refractivity contribution in [3.05, 3.63) is 77.1 Å². The highest BCUT2D eigenvalue weighted by Gasteiger charge is 2.17. The number of amides is 1. The first-order valence-electron chi connectivity index (χ1n) is 7.03. The van der Waals surface area contributed by atoms with Crippen LogP contribution in [0, 0.1) is 5.82 Å². The maximum Gasteiger partial charge on any atom is 0.244 e. The number of halogens is 1. The number of rotatable bonds is 3. The van der Waals surface area contributed by atoms with E-state index in [0.717, 1.165) is 35.1 Å². The molecule has 0 unspecified atom stereocenters. The fraction of sp³-hybridized carbons (Fsp3) is 0.167. The van der Waals surface area contributed by atoms with Crippen LogP contribution < -0.4 is 5.32 Å². The van der Waals surface area contributed by atoms with Crippen LogP contribution in [-0.4, -0.2) is 5.91 Å². The van der Waals surface area contributed by atoms with Crippen molar-refractivity contribution in [3.8, 4) is 0 Å². The van der Waals surface area contributed by atoms with Crippen molar-refractivity contribution in [2.45, 2.75) is 19.4 Å². The van der Waals surface area contributed by atoms with Gasteiger partial charge in [-0.1, -0.05) is 36.4 Å². The summed E-state index contributed by atoms with van der Waals surface area (Å²) in [7, 11) is 0. The van der Waals surface area contributed by atoms with Gasteiger partial charge in [0, 0.05) is 12.6 Å². The number of hydrogen-bond acceptors (Lipinski definition) is 1. The van der Waals surface area contributed by atoms with Crippen molar-refractivity contribution in [1.82, 2.24) is 5.32 Å². The van der Waals surface area contributed by atoms with Crippen LogP contribution in [0.15, 0.2) is 54.6 Å². The quantitative estimate of drug-likeness (QED) is 0.858. The lowest BCUT2D eigenvalue weighted by atomic mass is 10.1. The molecule has 1 amide bonds. The first kappa shape index (κ1) is 13.6. The fourth-order valence-electron chi connectivity index (χ4n) is 2.61. The molecule has 21 heavy (non-hydrogen) atoms. The van der Waals surface area contributed by atoms with Gasteiger partial charge in [-0.25, -0.2) is 4.39 Å². The van der Waals surface area contributed by atoms with Crippen molar-refractivity contribution >= 4 is 11.5 Å². The molecule has 0 atom stereocenters. The van der Waals surface area contributed by atoms with Gasteiger partial charge in [-0.15, -0.1) is 0 Å². The summed E-state index contributed by atoms with van der Waals surface area (Å²) in [5.41, 5.74) is 3.94. The molecule has 0 aliphatic heterocycles. The third-order valence-corrected chi connectivity index (χ3v) is 3.70. The molecule has 3 rings (SSSR count). The maximum absolute atomic E-state index is 13.3. The zero-order valence-corrected chi connectivity index (χ0v) is 11.6. The minimum Gasteiger partial charge on any atom is -0.348 e. The van der Waals surface area contributed by atoms with Gasteiger partial charge >= 0.3 is 0 Å². The van der Waals surface area contributed by atoms with Gasteiger partial charge in [0.15, 0.2) is 0 Å². The molecule has 106 valence electrons. The third kappa shape index (κ3) is 3.19. The Hall–Kier alpha value is -2.42. The van der Waals surface area contributed by atoms with Crippen LogP contribution in [0.5, 0.6) is 0 Å². The Kier molecular flexibility index (Phi) is 3.82.